The lowest BCUT2D eigenvalue weighted by Gasteiger charge is -2.23. The first kappa shape index (κ1) is 33.5. The molecule has 2 heterocycles. The Kier molecular flexibility index (Phi) is 13.7. The number of methoxy groups -OCH3 is 1. The minimum absolute atomic E-state index is 0.0332. The molecule has 0 unspecified atom stereocenters. The van der Waals surface area contributed by atoms with Crippen LogP contribution in [-0.4, -0.2) is 62.7 Å². The third kappa shape index (κ3) is 10.7. The van der Waals surface area contributed by atoms with Crippen molar-refractivity contribution in [3.63, 3.8) is 0 Å². The van der Waals surface area contributed by atoms with Crippen molar-refractivity contribution in [3.8, 4) is 5.75 Å². The first-order chi connectivity index (χ1) is 20.3. The Balaban J connectivity index is 1.59. The number of oxazole rings is 1. The fourth-order valence-corrected chi connectivity index (χ4v) is 6.19. The van der Waals surface area contributed by atoms with Gasteiger partial charge in [0, 0.05) is 19.5 Å². The molecule has 42 heavy (non-hydrogen) atoms. The van der Waals surface area contributed by atoms with Gasteiger partial charge in [-0.2, -0.15) is 0 Å². The lowest BCUT2D eigenvalue weighted by molar-refractivity contribution is -0.119. The minimum atomic E-state index is -3.85. The molecule has 1 aromatic carbocycles. The number of nitrogens with zero attached hydrogens (tertiary/aromatic N) is 2. The molecule has 0 bridgehead atoms. The summed E-state index contributed by atoms with van der Waals surface area (Å²) in [5.41, 5.74) is 2.11. The molecule has 0 aliphatic carbocycles. The number of alkyl halides is 1. The molecule has 1 aromatic heterocycles. The minimum Gasteiger partial charge on any atom is -0.497 e. The highest BCUT2D eigenvalue weighted by Gasteiger charge is 2.31. The van der Waals surface area contributed by atoms with Crippen molar-refractivity contribution in [1.29, 1.82) is 0 Å². The molecule has 234 valence electrons. The summed E-state index contributed by atoms with van der Waals surface area (Å²) < 4.78 is 49.5. The standard InChI is InChI=1S/C30H45FN4O6S/c1-3-4-5-6-7-8-17-32-29(37)26-22-41-30(33-26)27-11-9-18-35(27)21-24-20-25(40-2)14-12-23(24)13-15-28(36)34-42(38,39)19-10-16-31/h12,14,20,22,27H,3-11,13,15-19,21H2,1-2H3,(H,32,37)(H,34,36)/t27-/m0/s1. The van der Waals surface area contributed by atoms with Crippen LogP contribution < -0.4 is 14.8 Å². The first-order valence-corrected chi connectivity index (χ1v) is 16.6. The number of likely N-dealkylation sites (tertiary alicyclic amines) is 1. The molecule has 1 aliphatic rings. The lowest BCUT2D eigenvalue weighted by atomic mass is 10.0. The Morgan fingerprint density at radius 3 is 2.69 bits per heavy atom. The van der Waals surface area contributed by atoms with Crippen LogP contribution in [0.4, 0.5) is 4.39 Å². The second-order valence-corrected chi connectivity index (χ2v) is 12.6. The van der Waals surface area contributed by atoms with Gasteiger partial charge in [0.05, 0.1) is 25.6 Å². The quantitative estimate of drug-likeness (QED) is 0.217. The average Bonchev–Trinajstić information content (AvgIpc) is 3.64. The van der Waals surface area contributed by atoms with Crippen molar-refractivity contribution in [3.05, 3.63) is 47.2 Å². The fraction of sp³-hybridized carbons (Fsp3) is 0.633. The van der Waals surface area contributed by atoms with E-state index < -0.39 is 28.4 Å². The highest BCUT2D eigenvalue weighted by Crippen LogP contribution is 2.34. The number of carbonyl (C=O) groups excluding carboxylic acids is 2. The zero-order valence-electron chi connectivity index (χ0n) is 24.8. The number of halogens is 1. The molecule has 2 amide bonds. The van der Waals surface area contributed by atoms with Gasteiger partial charge in [-0.05, 0) is 61.9 Å². The van der Waals surface area contributed by atoms with E-state index in [1.165, 1.54) is 31.9 Å². The molecule has 0 spiro atoms. The van der Waals surface area contributed by atoms with Crippen molar-refractivity contribution < 1.29 is 31.6 Å². The molecule has 3 rings (SSSR count). The number of aryl methyl sites for hydroxylation is 1. The Labute approximate surface area is 248 Å². The number of benzene rings is 1. The number of carbonyl (C=O) groups is 2. The van der Waals surface area contributed by atoms with Crippen LogP contribution >= 0.6 is 0 Å². The predicted molar refractivity (Wildman–Crippen MR) is 158 cm³/mol. The van der Waals surface area contributed by atoms with Gasteiger partial charge in [0.2, 0.25) is 21.8 Å². The van der Waals surface area contributed by atoms with E-state index in [9.17, 15) is 22.4 Å². The zero-order chi connectivity index (χ0) is 30.4. The summed E-state index contributed by atoms with van der Waals surface area (Å²) >= 11 is 0. The monoisotopic (exact) mass is 608 g/mol. The maximum Gasteiger partial charge on any atom is 0.273 e. The number of aromatic nitrogens is 1. The van der Waals surface area contributed by atoms with E-state index in [2.05, 4.69) is 22.1 Å². The molecule has 1 aliphatic heterocycles. The normalized spacial score (nSPS) is 15.5. The van der Waals surface area contributed by atoms with E-state index in [-0.39, 0.29) is 30.5 Å². The molecule has 2 aromatic rings. The summed E-state index contributed by atoms with van der Waals surface area (Å²) in [6.07, 6.45) is 10.2. The average molecular weight is 609 g/mol. The molecule has 12 heteroatoms. The van der Waals surface area contributed by atoms with Gasteiger partial charge < -0.3 is 14.5 Å². The number of amides is 2. The third-order valence-electron chi connectivity index (χ3n) is 7.44. The molecule has 10 nitrogen and oxygen atoms in total. The summed E-state index contributed by atoms with van der Waals surface area (Å²) in [6.45, 7) is 3.38. The molecular weight excluding hydrogens is 563 g/mol. The highest BCUT2D eigenvalue weighted by atomic mass is 32.2. The topological polar surface area (TPSA) is 131 Å². The molecule has 1 saturated heterocycles. The summed E-state index contributed by atoms with van der Waals surface area (Å²) in [7, 11) is -2.27. The zero-order valence-corrected chi connectivity index (χ0v) is 25.6. The van der Waals surface area contributed by atoms with Crippen LogP contribution in [0.2, 0.25) is 0 Å². The number of sulfonamides is 1. The Morgan fingerprint density at radius 2 is 1.93 bits per heavy atom. The SMILES string of the molecule is CCCCCCCCNC(=O)c1coc([C@@H]2CCCN2Cc2cc(OC)ccc2CCC(=O)NS(=O)(=O)CCCF)n1. The van der Waals surface area contributed by atoms with E-state index in [0.717, 1.165) is 43.4 Å². The fourth-order valence-electron chi connectivity index (χ4n) is 5.15. The van der Waals surface area contributed by atoms with Crippen LogP contribution in [0.5, 0.6) is 5.75 Å². The van der Waals surface area contributed by atoms with Crippen molar-refractivity contribution >= 4 is 21.8 Å². The van der Waals surface area contributed by atoms with Crippen LogP contribution in [-0.2, 0) is 27.8 Å². The van der Waals surface area contributed by atoms with Gasteiger partial charge in [0.1, 0.15) is 12.0 Å². The molecule has 1 atom stereocenters. The molecule has 0 radical (unpaired) electrons. The first-order valence-electron chi connectivity index (χ1n) is 15.0. The lowest BCUT2D eigenvalue weighted by Crippen LogP contribution is -2.33. The van der Waals surface area contributed by atoms with Gasteiger partial charge in [-0.3, -0.25) is 23.6 Å². The van der Waals surface area contributed by atoms with E-state index >= 15 is 0 Å². The van der Waals surface area contributed by atoms with Crippen LogP contribution in [0.1, 0.15) is 105 Å². The largest absolute Gasteiger partial charge is 0.497 e. The molecule has 0 saturated carbocycles. The van der Waals surface area contributed by atoms with Gasteiger partial charge in [0.15, 0.2) is 5.69 Å². The van der Waals surface area contributed by atoms with Gasteiger partial charge in [-0.25, -0.2) is 13.4 Å². The van der Waals surface area contributed by atoms with Gasteiger partial charge in [-0.1, -0.05) is 45.1 Å². The number of unbranched alkanes of at least 4 members (excludes halogenated alkanes) is 5. The predicted octanol–water partition coefficient (Wildman–Crippen LogP) is 4.85. The number of rotatable bonds is 19. The molecule has 1 fully saturated rings. The van der Waals surface area contributed by atoms with E-state index in [4.69, 9.17) is 9.15 Å². The van der Waals surface area contributed by atoms with E-state index in [0.29, 0.717) is 31.2 Å². The summed E-state index contributed by atoms with van der Waals surface area (Å²) in [4.78, 5) is 31.7. The Bertz CT molecular complexity index is 1250. The molecule has 2 N–H and O–H groups in total. The van der Waals surface area contributed by atoms with Crippen LogP contribution in [0.25, 0.3) is 0 Å². The second-order valence-electron chi connectivity index (χ2n) is 10.7. The van der Waals surface area contributed by atoms with Gasteiger partial charge >= 0.3 is 0 Å². The maximum absolute atomic E-state index is 12.6. The van der Waals surface area contributed by atoms with Gasteiger partial charge in [-0.15, -0.1) is 0 Å². The summed E-state index contributed by atoms with van der Waals surface area (Å²) in [6, 6.07) is 5.49. The van der Waals surface area contributed by atoms with Crippen molar-refractivity contribution in [2.45, 2.75) is 90.1 Å². The third-order valence-corrected chi connectivity index (χ3v) is 8.81. The van der Waals surface area contributed by atoms with Crippen LogP contribution in [0.15, 0.2) is 28.9 Å². The number of nitrogens with one attached hydrogen (secondary N) is 2. The van der Waals surface area contributed by atoms with Crippen molar-refractivity contribution in [2.75, 3.05) is 32.6 Å². The van der Waals surface area contributed by atoms with E-state index in [1.54, 1.807) is 13.2 Å². The van der Waals surface area contributed by atoms with Crippen LogP contribution in [0, 0.1) is 0 Å². The highest BCUT2D eigenvalue weighted by molar-refractivity contribution is 7.90. The number of ether oxygens (including phenoxy) is 1. The summed E-state index contributed by atoms with van der Waals surface area (Å²) in [5, 5.41) is 2.94. The Morgan fingerprint density at radius 1 is 1.14 bits per heavy atom. The number of hydrogen-bond acceptors (Lipinski definition) is 8. The Hall–Kier alpha value is -2.99. The van der Waals surface area contributed by atoms with Crippen LogP contribution in [0.3, 0.4) is 0 Å². The van der Waals surface area contributed by atoms with Crippen molar-refractivity contribution in [1.82, 2.24) is 19.9 Å². The number of hydrogen-bond donors (Lipinski definition) is 2. The smallest absolute Gasteiger partial charge is 0.273 e. The summed E-state index contributed by atoms with van der Waals surface area (Å²) in [5.74, 6) is -0.120. The maximum atomic E-state index is 12.6. The second kappa shape index (κ2) is 17.2. The molecular formula is C30H45FN4O6S. The van der Waals surface area contributed by atoms with Crippen molar-refractivity contribution in [2.24, 2.45) is 0 Å². The van der Waals surface area contributed by atoms with Gasteiger partial charge in [0.25, 0.3) is 5.91 Å². The van der Waals surface area contributed by atoms with E-state index in [1.807, 2.05) is 16.9 Å².